The largest absolute Gasteiger partial charge is 0.497 e. The third-order valence-electron chi connectivity index (χ3n) is 6.40. The maximum absolute atomic E-state index is 13.3. The van der Waals surface area contributed by atoms with Gasteiger partial charge in [0.25, 0.3) is 0 Å². The Bertz CT molecular complexity index is 879. The van der Waals surface area contributed by atoms with Crippen molar-refractivity contribution in [2.75, 3.05) is 13.7 Å². The molecule has 0 heterocycles. The molecule has 0 aromatic heterocycles. The number of ether oxygens (including phenoxy) is 2. The number of hydrogen-bond donors (Lipinski definition) is 1. The second-order valence-corrected chi connectivity index (χ2v) is 8.90. The molecule has 2 aromatic rings. The quantitative estimate of drug-likeness (QED) is 0.442. The first kappa shape index (κ1) is 25.6. The zero-order valence-electron chi connectivity index (χ0n) is 20.5. The van der Waals surface area contributed by atoms with E-state index in [1.807, 2.05) is 61.5 Å². The molecule has 0 radical (unpaired) electrons. The van der Waals surface area contributed by atoms with Gasteiger partial charge in [0.15, 0.2) is 0 Å². The summed E-state index contributed by atoms with van der Waals surface area (Å²) in [5, 5.41) is 3.22. The molecular weight excluding hydrogens is 428 g/mol. The molecule has 2 aromatic carbocycles. The van der Waals surface area contributed by atoms with Gasteiger partial charge in [-0.15, -0.1) is 0 Å². The van der Waals surface area contributed by atoms with Crippen molar-refractivity contribution in [1.29, 1.82) is 0 Å². The highest BCUT2D eigenvalue weighted by Gasteiger charge is 2.30. The van der Waals surface area contributed by atoms with E-state index in [4.69, 9.17) is 9.47 Å². The molecule has 1 N–H and O–H groups in total. The van der Waals surface area contributed by atoms with Crippen molar-refractivity contribution in [3.8, 4) is 11.5 Å². The lowest BCUT2D eigenvalue weighted by Crippen LogP contribution is -2.51. The highest BCUT2D eigenvalue weighted by atomic mass is 16.5. The summed E-state index contributed by atoms with van der Waals surface area (Å²) < 4.78 is 10.9. The van der Waals surface area contributed by atoms with Crippen LogP contribution in [0.25, 0.3) is 0 Å². The van der Waals surface area contributed by atoms with Crippen LogP contribution in [-0.4, -0.2) is 42.5 Å². The molecule has 1 fully saturated rings. The van der Waals surface area contributed by atoms with Gasteiger partial charge in [-0.1, -0.05) is 56.5 Å². The van der Waals surface area contributed by atoms with E-state index in [1.165, 1.54) is 6.42 Å². The van der Waals surface area contributed by atoms with Gasteiger partial charge >= 0.3 is 0 Å². The van der Waals surface area contributed by atoms with Crippen LogP contribution < -0.4 is 14.8 Å². The molecule has 0 spiro atoms. The molecule has 2 amide bonds. The first-order valence-corrected chi connectivity index (χ1v) is 12.5. The summed E-state index contributed by atoms with van der Waals surface area (Å²) in [7, 11) is 1.63. The molecule has 0 unspecified atom stereocenters. The van der Waals surface area contributed by atoms with Gasteiger partial charge in [0.05, 0.1) is 13.7 Å². The fourth-order valence-corrected chi connectivity index (χ4v) is 4.47. The standard InChI is InChI=1S/C28H38N2O4/c1-3-26(28(32)29-23-13-8-5-9-14-23)30(21-22-11-6-4-7-12-22)27(31)15-10-20-34-25-18-16-24(33-2)17-19-25/h4,6-7,11-12,16-19,23,26H,3,5,8-10,13-15,20-21H2,1-2H3,(H,29,32)/t26-/m0/s1. The topological polar surface area (TPSA) is 67.9 Å². The second kappa shape index (κ2) is 13.6. The summed E-state index contributed by atoms with van der Waals surface area (Å²) >= 11 is 0. The van der Waals surface area contributed by atoms with Crippen LogP contribution in [0.2, 0.25) is 0 Å². The Morgan fingerprint density at radius 3 is 2.32 bits per heavy atom. The summed E-state index contributed by atoms with van der Waals surface area (Å²) in [4.78, 5) is 28.3. The van der Waals surface area contributed by atoms with E-state index in [1.54, 1.807) is 12.0 Å². The Labute approximate surface area is 203 Å². The third kappa shape index (κ3) is 7.79. The molecule has 6 nitrogen and oxygen atoms in total. The minimum Gasteiger partial charge on any atom is -0.497 e. The van der Waals surface area contributed by atoms with E-state index in [2.05, 4.69) is 5.32 Å². The number of hydrogen-bond acceptors (Lipinski definition) is 4. The van der Waals surface area contributed by atoms with Crippen LogP contribution in [0, 0.1) is 0 Å². The number of carbonyl (C=O) groups excluding carboxylic acids is 2. The van der Waals surface area contributed by atoms with Crippen molar-refractivity contribution >= 4 is 11.8 Å². The van der Waals surface area contributed by atoms with Crippen molar-refractivity contribution in [1.82, 2.24) is 10.2 Å². The van der Waals surface area contributed by atoms with E-state index in [0.29, 0.717) is 32.4 Å². The van der Waals surface area contributed by atoms with Crippen molar-refractivity contribution in [2.24, 2.45) is 0 Å². The summed E-state index contributed by atoms with van der Waals surface area (Å²) in [6.45, 7) is 2.83. The lowest BCUT2D eigenvalue weighted by atomic mass is 9.95. The van der Waals surface area contributed by atoms with E-state index in [0.717, 1.165) is 42.7 Å². The Hall–Kier alpha value is -3.02. The van der Waals surface area contributed by atoms with Crippen LogP contribution in [0.3, 0.4) is 0 Å². The van der Waals surface area contributed by atoms with E-state index in [9.17, 15) is 9.59 Å². The molecule has 6 heteroatoms. The molecule has 0 bridgehead atoms. The van der Waals surface area contributed by atoms with Crippen molar-refractivity contribution in [2.45, 2.75) is 76.9 Å². The summed E-state index contributed by atoms with van der Waals surface area (Å²) in [5.74, 6) is 1.46. The number of methoxy groups -OCH3 is 1. The van der Waals surface area contributed by atoms with E-state index < -0.39 is 6.04 Å². The Kier molecular flexibility index (Phi) is 10.3. The van der Waals surface area contributed by atoms with E-state index in [-0.39, 0.29) is 17.9 Å². The lowest BCUT2D eigenvalue weighted by Gasteiger charge is -2.33. The molecule has 184 valence electrons. The average molecular weight is 467 g/mol. The first-order chi connectivity index (χ1) is 16.6. The molecule has 1 aliphatic carbocycles. The van der Waals surface area contributed by atoms with Crippen LogP contribution in [0.5, 0.6) is 11.5 Å². The Morgan fingerprint density at radius 1 is 1.00 bits per heavy atom. The molecule has 1 aliphatic rings. The number of nitrogens with one attached hydrogen (secondary N) is 1. The smallest absolute Gasteiger partial charge is 0.243 e. The van der Waals surface area contributed by atoms with Gasteiger partial charge in [-0.25, -0.2) is 0 Å². The van der Waals surface area contributed by atoms with Crippen LogP contribution >= 0.6 is 0 Å². The number of nitrogens with zero attached hydrogens (tertiary/aromatic N) is 1. The van der Waals surface area contributed by atoms with Crippen molar-refractivity contribution in [3.63, 3.8) is 0 Å². The molecule has 0 aliphatic heterocycles. The van der Waals surface area contributed by atoms with Crippen molar-refractivity contribution in [3.05, 3.63) is 60.2 Å². The second-order valence-electron chi connectivity index (χ2n) is 8.90. The van der Waals surface area contributed by atoms with Gasteiger partial charge in [0.1, 0.15) is 17.5 Å². The predicted molar refractivity (Wildman–Crippen MR) is 134 cm³/mol. The molecule has 1 atom stereocenters. The Morgan fingerprint density at radius 2 is 1.68 bits per heavy atom. The number of rotatable bonds is 12. The van der Waals surface area contributed by atoms with Gasteiger partial charge in [0.2, 0.25) is 11.8 Å². The maximum Gasteiger partial charge on any atom is 0.243 e. The van der Waals surface area contributed by atoms with Crippen LogP contribution in [0.15, 0.2) is 54.6 Å². The van der Waals surface area contributed by atoms with E-state index >= 15 is 0 Å². The number of amides is 2. The molecule has 3 rings (SSSR count). The summed E-state index contributed by atoms with van der Waals surface area (Å²) in [6, 6.07) is 17.0. The normalized spacial score (nSPS) is 14.8. The Balaban J connectivity index is 1.60. The van der Waals surface area contributed by atoms with Crippen LogP contribution in [0.1, 0.15) is 63.9 Å². The molecule has 0 saturated heterocycles. The van der Waals surface area contributed by atoms with Crippen LogP contribution in [0.4, 0.5) is 0 Å². The molecular formula is C28H38N2O4. The molecule has 1 saturated carbocycles. The van der Waals surface area contributed by atoms with Crippen LogP contribution in [-0.2, 0) is 16.1 Å². The third-order valence-corrected chi connectivity index (χ3v) is 6.40. The van der Waals surface area contributed by atoms with Gasteiger partial charge in [0, 0.05) is 19.0 Å². The fraction of sp³-hybridized carbons (Fsp3) is 0.500. The minimum absolute atomic E-state index is 0.0205. The minimum atomic E-state index is -0.475. The number of carbonyl (C=O) groups is 2. The lowest BCUT2D eigenvalue weighted by molar-refractivity contribution is -0.142. The zero-order chi connectivity index (χ0) is 24.2. The van der Waals surface area contributed by atoms with Gasteiger partial charge in [-0.05, 0) is 55.5 Å². The highest BCUT2D eigenvalue weighted by molar-refractivity contribution is 5.87. The zero-order valence-corrected chi connectivity index (χ0v) is 20.5. The SMILES string of the molecule is CC[C@@H](C(=O)NC1CCCCC1)N(Cc1ccccc1)C(=O)CCCOc1ccc(OC)cc1. The highest BCUT2D eigenvalue weighted by Crippen LogP contribution is 2.20. The molecule has 34 heavy (non-hydrogen) atoms. The van der Waals surface area contributed by atoms with Gasteiger partial charge in [-0.2, -0.15) is 0 Å². The van der Waals surface area contributed by atoms with Crippen molar-refractivity contribution < 1.29 is 19.1 Å². The first-order valence-electron chi connectivity index (χ1n) is 12.5. The number of benzene rings is 2. The monoisotopic (exact) mass is 466 g/mol. The summed E-state index contributed by atoms with van der Waals surface area (Å²) in [6.07, 6.45) is 7.09. The maximum atomic E-state index is 13.3. The van der Waals surface area contributed by atoms with Gasteiger partial charge < -0.3 is 19.7 Å². The summed E-state index contributed by atoms with van der Waals surface area (Å²) in [5.41, 5.74) is 1.02. The average Bonchev–Trinajstić information content (AvgIpc) is 2.88. The fourth-order valence-electron chi connectivity index (χ4n) is 4.47. The van der Waals surface area contributed by atoms with Gasteiger partial charge in [-0.3, -0.25) is 9.59 Å². The predicted octanol–water partition coefficient (Wildman–Crippen LogP) is 5.11.